The molecule has 0 radical (unpaired) electrons. The Hall–Kier alpha value is -2.49. The molecule has 0 heterocycles. The lowest BCUT2D eigenvalue weighted by molar-refractivity contribution is 0.1000. The van der Waals surface area contributed by atoms with E-state index in [1.54, 1.807) is 18.2 Å². The van der Waals surface area contributed by atoms with Crippen molar-refractivity contribution in [2.75, 3.05) is 5.73 Å². The zero-order valence-electron chi connectivity index (χ0n) is 11.9. The van der Waals surface area contributed by atoms with Crippen LogP contribution in [-0.4, -0.2) is 5.91 Å². The summed E-state index contributed by atoms with van der Waals surface area (Å²) in [6.45, 7) is 5.72. The van der Waals surface area contributed by atoms with Gasteiger partial charge in [-0.3, -0.25) is 4.79 Å². The van der Waals surface area contributed by atoms with Gasteiger partial charge in [0.25, 0.3) is 0 Å². The first-order valence-electron chi connectivity index (χ1n) is 6.33. The van der Waals surface area contributed by atoms with Gasteiger partial charge in [0.15, 0.2) is 0 Å². The molecule has 0 bridgehead atoms. The quantitative estimate of drug-likeness (QED) is 0.841. The van der Waals surface area contributed by atoms with Crippen LogP contribution in [0.2, 0.25) is 0 Å². The fourth-order valence-corrected chi connectivity index (χ4v) is 2.21. The van der Waals surface area contributed by atoms with E-state index in [9.17, 15) is 4.79 Å². The van der Waals surface area contributed by atoms with Gasteiger partial charge in [-0.05, 0) is 61.7 Å². The summed E-state index contributed by atoms with van der Waals surface area (Å²) in [4.78, 5) is 11.2. The predicted octanol–water partition coefficient (Wildman–Crippen LogP) is 3.09. The molecule has 2 aromatic rings. The molecule has 1 amide bonds. The van der Waals surface area contributed by atoms with Crippen LogP contribution in [0.1, 0.15) is 27.0 Å². The number of amides is 1. The predicted molar refractivity (Wildman–Crippen MR) is 80.1 cm³/mol. The molecule has 0 aliphatic heterocycles. The van der Waals surface area contributed by atoms with E-state index in [4.69, 9.17) is 16.2 Å². The topological polar surface area (TPSA) is 78.3 Å². The summed E-state index contributed by atoms with van der Waals surface area (Å²) in [7, 11) is 0. The summed E-state index contributed by atoms with van der Waals surface area (Å²) in [5.74, 6) is 0.961. The Bertz CT molecular complexity index is 635. The van der Waals surface area contributed by atoms with Crippen LogP contribution in [0.25, 0.3) is 0 Å². The minimum absolute atomic E-state index is 0.442. The maximum atomic E-state index is 11.2. The van der Waals surface area contributed by atoms with Crippen molar-refractivity contribution in [3.63, 3.8) is 0 Å². The lowest BCUT2D eigenvalue weighted by atomic mass is 10.1. The van der Waals surface area contributed by atoms with Crippen molar-refractivity contribution < 1.29 is 9.53 Å². The molecular formula is C16H18N2O2. The summed E-state index contributed by atoms with van der Waals surface area (Å²) >= 11 is 0. The SMILES string of the molecule is Cc1cc(N)cc(Oc2c(C)cc(C(N)=O)cc2C)c1. The lowest BCUT2D eigenvalue weighted by Crippen LogP contribution is -2.11. The van der Waals surface area contributed by atoms with Crippen molar-refractivity contribution in [1.82, 2.24) is 0 Å². The maximum Gasteiger partial charge on any atom is 0.248 e. The highest BCUT2D eigenvalue weighted by Gasteiger charge is 2.10. The van der Waals surface area contributed by atoms with Gasteiger partial charge >= 0.3 is 0 Å². The minimum Gasteiger partial charge on any atom is -0.457 e. The van der Waals surface area contributed by atoms with Crippen LogP contribution in [0.3, 0.4) is 0 Å². The van der Waals surface area contributed by atoms with Gasteiger partial charge in [-0.15, -0.1) is 0 Å². The molecule has 0 aliphatic carbocycles. The average molecular weight is 270 g/mol. The molecule has 0 aromatic heterocycles. The summed E-state index contributed by atoms with van der Waals surface area (Å²) < 4.78 is 5.90. The molecule has 0 aliphatic rings. The number of rotatable bonds is 3. The van der Waals surface area contributed by atoms with Crippen molar-refractivity contribution in [1.29, 1.82) is 0 Å². The second kappa shape index (κ2) is 5.25. The second-order valence-corrected chi connectivity index (χ2v) is 4.98. The zero-order chi connectivity index (χ0) is 14.9. The number of primary amides is 1. The van der Waals surface area contributed by atoms with E-state index in [1.807, 2.05) is 32.9 Å². The standard InChI is InChI=1S/C16H18N2O2/c1-9-4-13(17)8-14(5-9)20-15-10(2)6-12(16(18)19)7-11(15)3/h4-8H,17H2,1-3H3,(H2,18,19). The summed E-state index contributed by atoms with van der Waals surface area (Å²) in [5, 5.41) is 0. The van der Waals surface area contributed by atoms with Gasteiger partial charge < -0.3 is 16.2 Å². The van der Waals surface area contributed by atoms with Crippen LogP contribution >= 0.6 is 0 Å². The lowest BCUT2D eigenvalue weighted by Gasteiger charge is -2.14. The zero-order valence-corrected chi connectivity index (χ0v) is 11.9. The maximum absolute atomic E-state index is 11.2. The molecule has 4 heteroatoms. The first kappa shape index (κ1) is 13.9. The highest BCUT2D eigenvalue weighted by molar-refractivity contribution is 5.93. The highest BCUT2D eigenvalue weighted by Crippen LogP contribution is 2.31. The van der Waals surface area contributed by atoms with Crippen LogP contribution in [0.15, 0.2) is 30.3 Å². The fourth-order valence-electron chi connectivity index (χ4n) is 2.21. The number of carbonyl (C=O) groups is 1. The number of benzene rings is 2. The Morgan fingerprint density at radius 1 is 1.00 bits per heavy atom. The van der Waals surface area contributed by atoms with Crippen molar-refractivity contribution in [2.24, 2.45) is 5.73 Å². The fraction of sp³-hybridized carbons (Fsp3) is 0.188. The van der Waals surface area contributed by atoms with Gasteiger partial charge in [-0.2, -0.15) is 0 Å². The molecule has 0 spiro atoms. The number of nitrogens with two attached hydrogens (primary N) is 2. The second-order valence-electron chi connectivity index (χ2n) is 4.98. The van der Waals surface area contributed by atoms with Gasteiger partial charge in [-0.1, -0.05) is 0 Å². The Balaban J connectivity index is 2.41. The molecule has 0 saturated carbocycles. The van der Waals surface area contributed by atoms with E-state index in [1.165, 1.54) is 0 Å². The Morgan fingerprint density at radius 3 is 2.10 bits per heavy atom. The molecule has 104 valence electrons. The first-order chi connectivity index (χ1) is 9.36. The summed E-state index contributed by atoms with van der Waals surface area (Å²) in [5.41, 5.74) is 15.0. The number of hydrogen-bond acceptors (Lipinski definition) is 3. The third-order valence-corrected chi connectivity index (χ3v) is 3.04. The molecule has 4 N–H and O–H groups in total. The molecule has 0 fully saturated rings. The monoisotopic (exact) mass is 270 g/mol. The third-order valence-electron chi connectivity index (χ3n) is 3.04. The highest BCUT2D eigenvalue weighted by atomic mass is 16.5. The number of ether oxygens (including phenoxy) is 1. The van der Waals surface area contributed by atoms with Gasteiger partial charge in [-0.25, -0.2) is 0 Å². The van der Waals surface area contributed by atoms with Gasteiger partial charge in [0.2, 0.25) is 5.91 Å². The van der Waals surface area contributed by atoms with E-state index >= 15 is 0 Å². The Kier molecular flexibility index (Phi) is 3.66. The van der Waals surface area contributed by atoms with Crippen LogP contribution in [0, 0.1) is 20.8 Å². The number of anilines is 1. The van der Waals surface area contributed by atoms with Crippen molar-refractivity contribution >= 4 is 11.6 Å². The number of aryl methyl sites for hydroxylation is 3. The molecular weight excluding hydrogens is 252 g/mol. The van der Waals surface area contributed by atoms with Crippen LogP contribution < -0.4 is 16.2 Å². The smallest absolute Gasteiger partial charge is 0.248 e. The van der Waals surface area contributed by atoms with Gasteiger partial charge in [0.1, 0.15) is 11.5 Å². The minimum atomic E-state index is -0.442. The Morgan fingerprint density at radius 2 is 1.60 bits per heavy atom. The molecule has 2 rings (SSSR count). The molecule has 0 saturated heterocycles. The van der Waals surface area contributed by atoms with E-state index < -0.39 is 5.91 Å². The molecule has 0 unspecified atom stereocenters. The van der Waals surface area contributed by atoms with Crippen LogP contribution in [0.4, 0.5) is 5.69 Å². The number of carbonyl (C=O) groups excluding carboxylic acids is 1. The third kappa shape index (κ3) is 2.91. The average Bonchev–Trinajstić information content (AvgIpc) is 2.32. The van der Waals surface area contributed by atoms with E-state index in [-0.39, 0.29) is 0 Å². The van der Waals surface area contributed by atoms with Gasteiger partial charge in [0.05, 0.1) is 0 Å². The summed E-state index contributed by atoms with van der Waals surface area (Å²) in [6.07, 6.45) is 0. The Labute approximate surface area is 118 Å². The molecule has 0 atom stereocenters. The van der Waals surface area contributed by atoms with Crippen molar-refractivity contribution in [3.05, 3.63) is 52.6 Å². The van der Waals surface area contributed by atoms with Crippen LogP contribution in [0.5, 0.6) is 11.5 Å². The summed E-state index contributed by atoms with van der Waals surface area (Å²) in [6, 6.07) is 9.02. The molecule has 2 aromatic carbocycles. The largest absolute Gasteiger partial charge is 0.457 e. The van der Waals surface area contributed by atoms with E-state index in [2.05, 4.69) is 0 Å². The van der Waals surface area contributed by atoms with Crippen LogP contribution in [-0.2, 0) is 0 Å². The van der Waals surface area contributed by atoms with Crippen molar-refractivity contribution in [2.45, 2.75) is 20.8 Å². The molecule has 20 heavy (non-hydrogen) atoms. The number of hydrogen-bond donors (Lipinski definition) is 2. The normalized spacial score (nSPS) is 10.3. The van der Waals surface area contributed by atoms with Crippen molar-refractivity contribution in [3.8, 4) is 11.5 Å². The molecule has 4 nitrogen and oxygen atoms in total. The van der Waals surface area contributed by atoms with E-state index in [0.717, 1.165) is 22.4 Å². The van der Waals surface area contributed by atoms with Gasteiger partial charge in [0, 0.05) is 17.3 Å². The van der Waals surface area contributed by atoms with E-state index in [0.29, 0.717) is 17.0 Å². The first-order valence-corrected chi connectivity index (χ1v) is 6.33. The number of nitrogen functional groups attached to an aromatic ring is 1.